The molecule has 2 rings (SSSR count). The van der Waals surface area contributed by atoms with Gasteiger partial charge >= 0.3 is 0 Å². The molecule has 1 aliphatic heterocycles. The van der Waals surface area contributed by atoms with Crippen LogP contribution in [0.4, 0.5) is 0 Å². The van der Waals surface area contributed by atoms with Gasteiger partial charge in [0.1, 0.15) is 11.5 Å². The van der Waals surface area contributed by atoms with Gasteiger partial charge in [-0.15, -0.1) is 0 Å². The minimum absolute atomic E-state index is 0.00362. The van der Waals surface area contributed by atoms with E-state index in [2.05, 4.69) is 25.8 Å². The molecule has 0 aliphatic carbocycles. The minimum Gasteiger partial charge on any atom is -0.376 e. The molecule has 0 N–H and O–H groups in total. The fraction of sp³-hybridized carbons (Fsp3) is 0.737. The summed E-state index contributed by atoms with van der Waals surface area (Å²) < 4.78 is 18.2. The number of aromatic nitrogens is 1. The third-order valence-electron chi connectivity index (χ3n) is 4.62. The smallest absolute Gasteiger partial charge is 0.112 e. The second kappa shape index (κ2) is 9.76. The summed E-state index contributed by atoms with van der Waals surface area (Å²) in [5.41, 5.74) is -0.311. The van der Waals surface area contributed by atoms with Crippen molar-refractivity contribution < 1.29 is 14.2 Å². The van der Waals surface area contributed by atoms with E-state index < -0.39 is 0 Å². The van der Waals surface area contributed by atoms with Gasteiger partial charge in [0.15, 0.2) is 0 Å². The van der Waals surface area contributed by atoms with Crippen molar-refractivity contribution in [2.75, 3.05) is 13.7 Å². The van der Waals surface area contributed by atoms with E-state index >= 15 is 0 Å². The highest BCUT2D eigenvalue weighted by Crippen LogP contribution is 2.39. The van der Waals surface area contributed by atoms with Crippen molar-refractivity contribution in [3.05, 3.63) is 24.4 Å². The van der Waals surface area contributed by atoms with Crippen LogP contribution in [-0.2, 0) is 14.2 Å². The molecule has 0 radical (unpaired) electrons. The maximum atomic E-state index is 6.20. The van der Waals surface area contributed by atoms with E-state index in [4.69, 9.17) is 14.2 Å². The Morgan fingerprint density at radius 3 is 2.83 bits per heavy atom. The number of nitrogens with zero attached hydrogens (tertiary/aromatic N) is 1. The average molecular weight is 354 g/mol. The van der Waals surface area contributed by atoms with Crippen molar-refractivity contribution in [3.8, 4) is 0 Å². The van der Waals surface area contributed by atoms with Crippen molar-refractivity contribution in [2.24, 2.45) is 0 Å². The number of methoxy groups -OCH3 is 1. The number of pyridine rings is 1. The van der Waals surface area contributed by atoms with E-state index in [1.165, 1.54) is 19.3 Å². The number of ether oxygens (including phenoxy) is 3. The zero-order chi connectivity index (χ0) is 17.4. The fourth-order valence-electron chi connectivity index (χ4n) is 3.17. The van der Waals surface area contributed by atoms with E-state index in [1.807, 2.05) is 24.4 Å². The molecule has 2 heterocycles. The van der Waals surface area contributed by atoms with Crippen LogP contribution >= 0.6 is 11.8 Å². The lowest BCUT2D eigenvalue weighted by atomic mass is 9.89. The molecular formula is C19H31NO3S. The van der Waals surface area contributed by atoms with Gasteiger partial charge in [0, 0.05) is 26.3 Å². The minimum atomic E-state index is -0.338. The van der Waals surface area contributed by atoms with E-state index in [9.17, 15) is 0 Å². The lowest BCUT2D eigenvalue weighted by molar-refractivity contribution is -0.215. The Kier molecular flexibility index (Phi) is 8.01. The fourth-order valence-corrected chi connectivity index (χ4v) is 4.37. The zero-order valence-corrected chi connectivity index (χ0v) is 16.2. The SMILES string of the molecule is CCCCCCO[C@H]1[C@H](C)OC(Sc2ccccn2)C[C@@]1(C)OC. The van der Waals surface area contributed by atoms with Gasteiger partial charge in [0.05, 0.1) is 16.7 Å². The van der Waals surface area contributed by atoms with E-state index in [0.29, 0.717) is 0 Å². The molecule has 136 valence electrons. The van der Waals surface area contributed by atoms with Crippen LogP contribution in [0.25, 0.3) is 0 Å². The molecule has 0 bridgehead atoms. The molecule has 4 nitrogen and oxygen atoms in total. The van der Waals surface area contributed by atoms with Crippen molar-refractivity contribution in [3.63, 3.8) is 0 Å². The molecule has 1 aromatic rings. The number of hydrogen-bond acceptors (Lipinski definition) is 5. The highest BCUT2D eigenvalue weighted by molar-refractivity contribution is 7.99. The van der Waals surface area contributed by atoms with Crippen LogP contribution < -0.4 is 0 Å². The molecule has 0 saturated carbocycles. The highest BCUT2D eigenvalue weighted by atomic mass is 32.2. The number of thioether (sulfide) groups is 1. The van der Waals surface area contributed by atoms with Gasteiger partial charge in [0.25, 0.3) is 0 Å². The summed E-state index contributed by atoms with van der Waals surface area (Å²) in [5.74, 6) is 0. The van der Waals surface area contributed by atoms with Gasteiger partial charge in [-0.05, 0) is 32.4 Å². The molecule has 24 heavy (non-hydrogen) atoms. The third kappa shape index (κ3) is 5.45. The van der Waals surface area contributed by atoms with Gasteiger partial charge in [-0.1, -0.05) is 44.0 Å². The zero-order valence-electron chi connectivity index (χ0n) is 15.4. The summed E-state index contributed by atoms with van der Waals surface area (Å²) in [5, 5.41) is 0.979. The quantitative estimate of drug-likeness (QED) is 0.603. The Morgan fingerprint density at radius 1 is 1.33 bits per heavy atom. The molecule has 1 aromatic heterocycles. The monoisotopic (exact) mass is 353 g/mol. The lowest BCUT2D eigenvalue weighted by Gasteiger charge is -2.46. The van der Waals surface area contributed by atoms with Gasteiger partial charge in [-0.25, -0.2) is 4.98 Å². The molecule has 0 amide bonds. The Hall–Kier alpha value is -0.620. The van der Waals surface area contributed by atoms with Gasteiger partial charge in [-0.2, -0.15) is 0 Å². The Labute approximate surface area is 150 Å². The number of hydrogen-bond donors (Lipinski definition) is 0. The first kappa shape index (κ1) is 19.7. The molecule has 1 fully saturated rings. The third-order valence-corrected chi connectivity index (χ3v) is 5.64. The van der Waals surface area contributed by atoms with Crippen molar-refractivity contribution >= 4 is 11.8 Å². The first-order valence-electron chi connectivity index (χ1n) is 8.99. The molecule has 1 saturated heterocycles. The van der Waals surface area contributed by atoms with Gasteiger partial charge < -0.3 is 14.2 Å². The summed E-state index contributed by atoms with van der Waals surface area (Å²) in [6.07, 6.45) is 7.39. The van der Waals surface area contributed by atoms with Crippen LogP contribution in [0.1, 0.15) is 52.9 Å². The van der Waals surface area contributed by atoms with Crippen LogP contribution in [0.2, 0.25) is 0 Å². The predicted octanol–water partition coefficient (Wildman–Crippen LogP) is 4.68. The molecule has 5 heteroatoms. The summed E-state index contributed by atoms with van der Waals surface area (Å²) in [6.45, 7) is 7.21. The van der Waals surface area contributed by atoms with Crippen molar-refractivity contribution in [1.82, 2.24) is 4.98 Å². The maximum absolute atomic E-state index is 6.20. The molecule has 4 atom stereocenters. The number of unbranched alkanes of at least 4 members (excludes halogenated alkanes) is 3. The van der Waals surface area contributed by atoms with Crippen LogP contribution in [-0.4, -0.2) is 41.9 Å². The summed E-state index contributed by atoms with van der Waals surface area (Å²) >= 11 is 1.65. The summed E-state index contributed by atoms with van der Waals surface area (Å²) in [4.78, 5) is 4.38. The number of rotatable bonds is 9. The van der Waals surface area contributed by atoms with Crippen LogP contribution in [0.3, 0.4) is 0 Å². The highest BCUT2D eigenvalue weighted by Gasteiger charge is 2.46. The van der Waals surface area contributed by atoms with Crippen LogP contribution in [0, 0.1) is 0 Å². The van der Waals surface area contributed by atoms with Crippen LogP contribution in [0.5, 0.6) is 0 Å². The van der Waals surface area contributed by atoms with Gasteiger partial charge in [-0.3, -0.25) is 0 Å². The van der Waals surface area contributed by atoms with Gasteiger partial charge in [0.2, 0.25) is 0 Å². The lowest BCUT2D eigenvalue weighted by Crippen LogP contribution is -2.56. The van der Waals surface area contributed by atoms with Crippen molar-refractivity contribution in [2.45, 2.75) is 81.1 Å². The summed E-state index contributed by atoms with van der Waals surface area (Å²) in [7, 11) is 1.77. The normalized spacial score (nSPS) is 30.4. The van der Waals surface area contributed by atoms with Crippen LogP contribution in [0.15, 0.2) is 29.4 Å². The molecule has 0 spiro atoms. The largest absolute Gasteiger partial charge is 0.376 e. The molecule has 1 unspecified atom stereocenters. The second-order valence-corrected chi connectivity index (χ2v) is 7.81. The van der Waals surface area contributed by atoms with E-state index in [1.54, 1.807) is 18.9 Å². The predicted molar refractivity (Wildman–Crippen MR) is 98.3 cm³/mol. The standard InChI is InChI=1S/C19H31NO3S/c1-5-6-7-10-13-22-18-15(2)23-17(14-19(18,3)21-4)24-16-11-8-9-12-20-16/h8-9,11-12,15,17-18H,5-7,10,13-14H2,1-4H3/t15-,17?,18-,19+/m0/s1. The van der Waals surface area contributed by atoms with E-state index in [0.717, 1.165) is 24.5 Å². The van der Waals surface area contributed by atoms with Crippen molar-refractivity contribution in [1.29, 1.82) is 0 Å². The molecule has 1 aliphatic rings. The topological polar surface area (TPSA) is 40.6 Å². The molecule has 0 aromatic carbocycles. The summed E-state index contributed by atoms with van der Waals surface area (Å²) in [6, 6.07) is 5.94. The average Bonchev–Trinajstić information content (AvgIpc) is 2.58. The second-order valence-electron chi connectivity index (χ2n) is 6.63. The Balaban J connectivity index is 1.92. The molecular weight excluding hydrogens is 322 g/mol. The first-order valence-corrected chi connectivity index (χ1v) is 9.87. The van der Waals surface area contributed by atoms with E-state index in [-0.39, 0.29) is 23.2 Å². The first-order chi connectivity index (χ1) is 11.6. The Bertz CT molecular complexity index is 473. The Morgan fingerprint density at radius 2 is 2.17 bits per heavy atom. The maximum Gasteiger partial charge on any atom is 0.112 e.